The third-order valence-electron chi connectivity index (χ3n) is 12.1. The summed E-state index contributed by atoms with van der Waals surface area (Å²) in [5.74, 6) is 2.98. The molecule has 0 amide bonds. The van der Waals surface area contributed by atoms with Gasteiger partial charge >= 0.3 is 11.9 Å². The van der Waals surface area contributed by atoms with Gasteiger partial charge in [-0.15, -0.1) is 0 Å². The fourth-order valence-corrected chi connectivity index (χ4v) is 11.6. The molecular weight excluding hydrogens is 448 g/mol. The van der Waals surface area contributed by atoms with Gasteiger partial charge in [0.2, 0.25) is 0 Å². The van der Waals surface area contributed by atoms with Gasteiger partial charge in [-0.05, 0) is 124 Å². The molecule has 4 nitrogen and oxygen atoms in total. The topological polar surface area (TPSA) is 52.6 Å². The lowest BCUT2D eigenvalue weighted by Gasteiger charge is -2.73. The van der Waals surface area contributed by atoms with E-state index in [9.17, 15) is 9.59 Å². The van der Waals surface area contributed by atoms with Crippen LogP contribution in [0.4, 0.5) is 0 Å². The van der Waals surface area contributed by atoms with Crippen LogP contribution in [-0.2, 0) is 19.1 Å². The van der Waals surface area contributed by atoms with Gasteiger partial charge < -0.3 is 9.47 Å². The molecule has 8 aliphatic carbocycles. The first kappa shape index (κ1) is 25.2. The Morgan fingerprint density at radius 1 is 0.583 bits per heavy atom. The van der Waals surface area contributed by atoms with Crippen molar-refractivity contribution in [3.05, 3.63) is 0 Å². The van der Waals surface area contributed by atoms with Crippen molar-refractivity contribution in [3.63, 3.8) is 0 Å². The van der Waals surface area contributed by atoms with E-state index >= 15 is 0 Å². The summed E-state index contributed by atoms with van der Waals surface area (Å²) in [6, 6.07) is 0. The molecule has 0 aromatic heterocycles. The number of ether oxygens (including phenoxy) is 2. The summed E-state index contributed by atoms with van der Waals surface area (Å²) >= 11 is 0. The molecule has 8 rings (SSSR count). The highest BCUT2D eigenvalue weighted by molar-refractivity contribution is 5.79. The van der Waals surface area contributed by atoms with Gasteiger partial charge in [0.05, 0.1) is 24.0 Å². The van der Waals surface area contributed by atoms with Gasteiger partial charge in [-0.2, -0.15) is 0 Å². The van der Waals surface area contributed by atoms with Gasteiger partial charge in [-0.3, -0.25) is 9.59 Å². The quantitative estimate of drug-likeness (QED) is 0.217. The van der Waals surface area contributed by atoms with Crippen molar-refractivity contribution >= 4 is 11.9 Å². The van der Waals surface area contributed by atoms with E-state index in [2.05, 4.69) is 13.8 Å². The van der Waals surface area contributed by atoms with Crippen LogP contribution in [-0.4, -0.2) is 25.2 Å². The minimum absolute atomic E-state index is 0.131. The van der Waals surface area contributed by atoms with E-state index in [1.54, 1.807) is 0 Å². The molecule has 4 unspecified atom stereocenters. The zero-order chi connectivity index (χ0) is 25.0. The SMILES string of the molecule is CCCCCOC(=O)C12CC3CC(C1)CC(C14CC5CC(CC(C(=O)OCCCCC)(C5)C1)C4)(C3)C2. The van der Waals surface area contributed by atoms with Crippen molar-refractivity contribution in [1.82, 2.24) is 0 Å². The zero-order valence-electron chi connectivity index (χ0n) is 23.1. The highest BCUT2D eigenvalue weighted by Gasteiger charge is 2.72. The molecule has 0 radical (unpaired) electrons. The second kappa shape index (κ2) is 9.30. The Morgan fingerprint density at radius 2 is 0.944 bits per heavy atom. The van der Waals surface area contributed by atoms with Crippen LogP contribution in [0.5, 0.6) is 0 Å². The number of hydrogen-bond acceptors (Lipinski definition) is 4. The van der Waals surface area contributed by atoms with Crippen molar-refractivity contribution in [2.75, 3.05) is 13.2 Å². The van der Waals surface area contributed by atoms with E-state index < -0.39 is 0 Å². The van der Waals surface area contributed by atoms with E-state index in [4.69, 9.17) is 9.47 Å². The first-order valence-electron chi connectivity index (χ1n) is 15.7. The maximum atomic E-state index is 13.7. The molecule has 8 saturated carbocycles. The summed E-state index contributed by atoms with van der Waals surface area (Å²) < 4.78 is 12.0. The van der Waals surface area contributed by atoms with E-state index in [1.807, 2.05) is 0 Å². The molecule has 0 spiro atoms. The van der Waals surface area contributed by atoms with Gasteiger partial charge in [-0.1, -0.05) is 39.5 Å². The number of unbranched alkanes of at least 4 members (excludes halogenated alkanes) is 4. The Balaban J connectivity index is 1.25. The summed E-state index contributed by atoms with van der Waals surface area (Å²) in [6.45, 7) is 5.59. The van der Waals surface area contributed by atoms with Crippen molar-refractivity contribution in [2.45, 2.75) is 129 Å². The molecule has 202 valence electrons. The third-order valence-corrected chi connectivity index (χ3v) is 12.1. The zero-order valence-corrected chi connectivity index (χ0v) is 23.1. The molecule has 0 aliphatic heterocycles. The van der Waals surface area contributed by atoms with Crippen LogP contribution < -0.4 is 0 Å². The Hall–Kier alpha value is -1.06. The summed E-state index contributed by atoms with van der Waals surface area (Å²) in [5, 5.41) is 0. The van der Waals surface area contributed by atoms with Crippen LogP contribution in [0.3, 0.4) is 0 Å². The van der Waals surface area contributed by atoms with E-state index in [1.165, 1.54) is 38.5 Å². The highest BCUT2D eigenvalue weighted by Crippen LogP contribution is 2.78. The van der Waals surface area contributed by atoms with Crippen LogP contribution in [0.15, 0.2) is 0 Å². The fraction of sp³-hybridized carbons (Fsp3) is 0.938. The summed E-state index contributed by atoms with van der Waals surface area (Å²) in [5.41, 5.74) is -0.00302. The fourth-order valence-electron chi connectivity index (χ4n) is 11.6. The Bertz CT molecular complexity index is 762. The lowest BCUT2D eigenvalue weighted by Crippen LogP contribution is -2.66. The van der Waals surface area contributed by atoms with Gasteiger partial charge in [-0.25, -0.2) is 0 Å². The lowest BCUT2D eigenvalue weighted by molar-refractivity contribution is -0.244. The van der Waals surface area contributed by atoms with Crippen molar-refractivity contribution in [3.8, 4) is 0 Å². The van der Waals surface area contributed by atoms with E-state index in [0.717, 1.165) is 77.0 Å². The lowest BCUT2D eigenvalue weighted by atomic mass is 9.31. The molecule has 0 aromatic carbocycles. The van der Waals surface area contributed by atoms with Crippen LogP contribution in [0.1, 0.15) is 129 Å². The molecular formula is C32H50O4. The van der Waals surface area contributed by atoms with Crippen molar-refractivity contribution in [1.29, 1.82) is 0 Å². The molecule has 8 fully saturated rings. The normalized spacial score (nSPS) is 45.7. The van der Waals surface area contributed by atoms with Gasteiger partial charge in [0, 0.05) is 0 Å². The van der Waals surface area contributed by atoms with Gasteiger partial charge in [0.25, 0.3) is 0 Å². The minimum atomic E-state index is -0.243. The number of hydrogen-bond donors (Lipinski definition) is 0. The van der Waals surface area contributed by atoms with Gasteiger partial charge in [0.1, 0.15) is 0 Å². The molecule has 0 saturated heterocycles. The largest absolute Gasteiger partial charge is 0.465 e. The molecule has 8 bridgehead atoms. The number of carbonyl (C=O) groups is 2. The third kappa shape index (κ3) is 3.98. The second-order valence-corrected chi connectivity index (χ2v) is 14.7. The molecule has 8 aliphatic rings. The Kier molecular flexibility index (Phi) is 6.52. The van der Waals surface area contributed by atoms with Crippen molar-refractivity contribution < 1.29 is 19.1 Å². The van der Waals surface area contributed by atoms with Crippen LogP contribution in [0, 0.1) is 45.3 Å². The van der Waals surface area contributed by atoms with E-state index in [-0.39, 0.29) is 33.6 Å². The standard InChI is InChI=1S/C32H50O4/c1-3-5-7-9-35-27(33)29-13-23-11-24(14-29)18-31(17-23,21-29)32-19-25-12-26(20-32)16-30(15-25,22-32)28(34)36-10-8-6-4-2/h23-26H,3-22H2,1-2H3. The minimum Gasteiger partial charge on any atom is -0.465 e. The predicted octanol–water partition coefficient (Wildman–Crippen LogP) is 7.63. The average Bonchev–Trinajstić information content (AvgIpc) is 2.82. The van der Waals surface area contributed by atoms with Crippen LogP contribution >= 0.6 is 0 Å². The van der Waals surface area contributed by atoms with E-state index in [0.29, 0.717) is 36.9 Å². The first-order valence-corrected chi connectivity index (χ1v) is 15.7. The summed E-state index contributed by atoms with van der Waals surface area (Å²) in [4.78, 5) is 27.4. The predicted molar refractivity (Wildman–Crippen MR) is 140 cm³/mol. The molecule has 4 heteroatoms. The molecule has 0 heterocycles. The summed E-state index contributed by atoms with van der Waals surface area (Å²) in [7, 11) is 0. The smallest absolute Gasteiger partial charge is 0.312 e. The second-order valence-electron chi connectivity index (χ2n) is 14.7. The number of carbonyl (C=O) groups excluding carboxylic acids is 2. The monoisotopic (exact) mass is 498 g/mol. The molecule has 4 atom stereocenters. The maximum absolute atomic E-state index is 13.7. The summed E-state index contributed by atoms with van der Waals surface area (Å²) in [6.07, 6.45) is 20.7. The van der Waals surface area contributed by atoms with Gasteiger partial charge in [0.15, 0.2) is 0 Å². The number of rotatable bonds is 11. The Labute approximate surface area is 219 Å². The molecule has 0 aromatic rings. The Morgan fingerprint density at radius 3 is 1.28 bits per heavy atom. The van der Waals surface area contributed by atoms with Crippen LogP contribution in [0.25, 0.3) is 0 Å². The maximum Gasteiger partial charge on any atom is 0.312 e. The number of esters is 2. The first-order chi connectivity index (χ1) is 17.4. The van der Waals surface area contributed by atoms with Crippen molar-refractivity contribution in [2.24, 2.45) is 45.3 Å². The molecule has 36 heavy (non-hydrogen) atoms. The average molecular weight is 499 g/mol. The molecule has 0 N–H and O–H groups in total. The highest BCUT2D eigenvalue weighted by atomic mass is 16.5. The van der Waals surface area contributed by atoms with Crippen LogP contribution in [0.2, 0.25) is 0 Å².